The summed E-state index contributed by atoms with van der Waals surface area (Å²) in [6.45, 7) is 7.27. The molecule has 5 nitrogen and oxygen atoms in total. The summed E-state index contributed by atoms with van der Waals surface area (Å²) in [6, 6.07) is 5.45. The number of carboxylic acid groups (broad SMARTS) is 1. The van der Waals surface area contributed by atoms with Gasteiger partial charge in [0.1, 0.15) is 6.04 Å². The smallest absolute Gasteiger partial charge is 0.322 e. The Morgan fingerprint density at radius 1 is 1.35 bits per heavy atom. The Morgan fingerprint density at radius 3 is 2.50 bits per heavy atom. The van der Waals surface area contributed by atoms with Crippen LogP contribution in [0.2, 0.25) is 0 Å². The van der Waals surface area contributed by atoms with Gasteiger partial charge in [-0.3, -0.25) is 4.79 Å². The first kappa shape index (κ1) is 14.7. The number of fused-ring (bicyclic) bond motifs is 1. The van der Waals surface area contributed by atoms with Crippen LogP contribution in [0.3, 0.4) is 0 Å². The van der Waals surface area contributed by atoms with E-state index < -0.39 is 22.0 Å². The average molecular weight is 295 g/mol. The zero-order chi connectivity index (χ0) is 15.1. The number of carboxylic acids is 1. The molecule has 108 valence electrons. The van der Waals surface area contributed by atoms with E-state index in [2.05, 4.69) is 6.58 Å². The van der Waals surface area contributed by atoms with Crippen molar-refractivity contribution in [2.75, 3.05) is 6.54 Å². The van der Waals surface area contributed by atoms with Crippen LogP contribution >= 0.6 is 0 Å². The van der Waals surface area contributed by atoms with Crippen LogP contribution in [0.5, 0.6) is 0 Å². The van der Waals surface area contributed by atoms with Gasteiger partial charge in [0.05, 0.1) is 4.90 Å². The molecule has 0 radical (unpaired) electrons. The normalized spacial score (nSPS) is 19.6. The SMILES string of the molecule is C=C1CN([C@H](C(=O)O)C(C)C)S(=O)(=O)c2ccccc21. The van der Waals surface area contributed by atoms with Gasteiger partial charge in [0, 0.05) is 6.54 Å². The molecule has 1 aromatic carbocycles. The first-order chi connectivity index (χ1) is 9.26. The number of aliphatic carboxylic acids is 1. The van der Waals surface area contributed by atoms with Crippen LogP contribution in [0, 0.1) is 5.92 Å². The Morgan fingerprint density at radius 2 is 1.95 bits per heavy atom. The maximum Gasteiger partial charge on any atom is 0.322 e. The molecule has 1 heterocycles. The molecule has 0 aliphatic carbocycles. The third-order valence-electron chi connectivity index (χ3n) is 3.40. The quantitative estimate of drug-likeness (QED) is 0.923. The monoisotopic (exact) mass is 295 g/mol. The van der Waals surface area contributed by atoms with Crippen LogP contribution in [0.1, 0.15) is 19.4 Å². The van der Waals surface area contributed by atoms with E-state index in [1.54, 1.807) is 32.0 Å². The van der Waals surface area contributed by atoms with E-state index in [-0.39, 0.29) is 17.4 Å². The fourth-order valence-corrected chi connectivity index (χ4v) is 4.41. The van der Waals surface area contributed by atoms with Crippen molar-refractivity contribution in [2.45, 2.75) is 24.8 Å². The largest absolute Gasteiger partial charge is 0.480 e. The number of carbonyl (C=O) groups is 1. The number of hydrogen-bond donors (Lipinski definition) is 1. The molecule has 0 saturated carbocycles. The molecule has 1 aliphatic heterocycles. The lowest BCUT2D eigenvalue weighted by Crippen LogP contribution is -2.50. The first-order valence-electron chi connectivity index (χ1n) is 6.28. The Labute approximate surface area is 118 Å². The molecule has 0 unspecified atom stereocenters. The van der Waals surface area contributed by atoms with Crippen LogP contribution in [-0.2, 0) is 14.8 Å². The summed E-state index contributed by atoms with van der Waals surface area (Å²) in [5, 5.41) is 9.33. The number of hydrogen-bond acceptors (Lipinski definition) is 3. The Balaban J connectivity index is 2.60. The molecule has 1 N–H and O–H groups in total. The first-order valence-corrected chi connectivity index (χ1v) is 7.72. The van der Waals surface area contributed by atoms with Crippen LogP contribution in [0.4, 0.5) is 0 Å². The van der Waals surface area contributed by atoms with Gasteiger partial charge in [-0.25, -0.2) is 8.42 Å². The van der Waals surface area contributed by atoms with Crippen LogP contribution in [-0.4, -0.2) is 36.4 Å². The molecule has 0 fully saturated rings. The summed E-state index contributed by atoms with van der Waals surface area (Å²) in [4.78, 5) is 11.5. The molecular formula is C14H17NO4S. The summed E-state index contributed by atoms with van der Waals surface area (Å²) in [5.41, 5.74) is 1.18. The number of nitrogens with zero attached hydrogens (tertiary/aromatic N) is 1. The predicted molar refractivity (Wildman–Crippen MR) is 75.6 cm³/mol. The van der Waals surface area contributed by atoms with Crippen molar-refractivity contribution in [1.82, 2.24) is 4.31 Å². The van der Waals surface area contributed by atoms with Gasteiger partial charge in [-0.15, -0.1) is 0 Å². The molecule has 2 rings (SSSR count). The van der Waals surface area contributed by atoms with Crippen LogP contribution in [0.15, 0.2) is 35.7 Å². The van der Waals surface area contributed by atoms with Crippen molar-refractivity contribution in [2.24, 2.45) is 5.92 Å². The fourth-order valence-electron chi connectivity index (χ4n) is 2.46. The van der Waals surface area contributed by atoms with E-state index in [4.69, 9.17) is 0 Å². The summed E-state index contributed by atoms with van der Waals surface area (Å²) >= 11 is 0. The second-order valence-electron chi connectivity index (χ2n) is 5.18. The maximum absolute atomic E-state index is 12.6. The van der Waals surface area contributed by atoms with E-state index >= 15 is 0 Å². The highest BCUT2D eigenvalue weighted by atomic mass is 32.2. The van der Waals surface area contributed by atoms with E-state index in [1.165, 1.54) is 6.07 Å². The van der Waals surface area contributed by atoms with Gasteiger partial charge in [0.25, 0.3) is 0 Å². The third-order valence-corrected chi connectivity index (χ3v) is 5.28. The summed E-state index contributed by atoms with van der Waals surface area (Å²) in [7, 11) is -3.81. The van der Waals surface area contributed by atoms with Crippen molar-refractivity contribution in [3.05, 3.63) is 36.4 Å². The Kier molecular flexibility index (Phi) is 3.71. The molecule has 0 spiro atoms. The third kappa shape index (κ3) is 2.25. The van der Waals surface area contributed by atoms with Crippen molar-refractivity contribution in [3.63, 3.8) is 0 Å². The number of sulfonamides is 1. The minimum absolute atomic E-state index is 0.00843. The molecular weight excluding hydrogens is 278 g/mol. The van der Waals surface area contributed by atoms with Gasteiger partial charge in [-0.2, -0.15) is 4.31 Å². The van der Waals surface area contributed by atoms with Crippen LogP contribution in [0.25, 0.3) is 5.57 Å². The van der Waals surface area contributed by atoms with Crippen molar-refractivity contribution < 1.29 is 18.3 Å². The summed E-state index contributed by atoms with van der Waals surface area (Å²) in [6.07, 6.45) is 0. The molecule has 6 heteroatoms. The summed E-state index contributed by atoms with van der Waals surface area (Å²) in [5.74, 6) is -1.48. The Bertz CT molecular complexity index is 664. The average Bonchev–Trinajstić information content (AvgIpc) is 2.35. The van der Waals surface area contributed by atoms with Gasteiger partial charge >= 0.3 is 5.97 Å². The van der Waals surface area contributed by atoms with Crippen molar-refractivity contribution in [1.29, 1.82) is 0 Å². The van der Waals surface area contributed by atoms with Crippen molar-refractivity contribution >= 4 is 21.6 Å². The predicted octanol–water partition coefficient (Wildman–Crippen LogP) is 1.81. The standard InChI is InChI=1S/C14H17NO4S/c1-9(2)13(14(16)17)15-8-10(3)11-6-4-5-7-12(11)20(15,18)19/h4-7,9,13H,3,8H2,1-2H3,(H,16,17)/t13-/m0/s1. The second-order valence-corrected chi connectivity index (χ2v) is 7.04. The minimum atomic E-state index is -3.81. The minimum Gasteiger partial charge on any atom is -0.480 e. The lowest BCUT2D eigenvalue weighted by molar-refractivity contribution is -0.142. The van der Waals surface area contributed by atoms with Gasteiger partial charge < -0.3 is 5.11 Å². The van der Waals surface area contributed by atoms with E-state index in [9.17, 15) is 18.3 Å². The zero-order valence-electron chi connectivity index (χ0n) is 11.4. The number of benzene rings is 1. The van der Waals surface area contributed by atoms with E-state index in [0.717, 1.165) is 4.31 Å². The van der Waals surface area contributed by atoms with Gasteiger partial charge in [-0.1, -0.05) is 38.6 Å². The van der Waals surface area contributed by atoms with Gasteiger partial charge in [0.15, 0.2) is 0 Å². The fraction of sp³-hybridized carbons (Fsp3) is 0.357. The molecule has 0 saturated heterocycles. The molecule has 1 atom stereocenters. The van der Waals surface area contributed by atoms with E-state index in [1.807, 2.05) is 0 Å². The molecule has 1 aliphatic rings. The zero-order valence-corrected chi connectivity index (χ0v) is 12.2. The summed E-state index contributed by atoms with van der Waals surface area (Å²) < 4.78 is 26.3. The second kappa shape index (κ2) is 5.03. The molecule has 0 bridgehead atoms. The van der Waals surface area contributed by atoms with Crippen molar-refractivity contribution in [3.8, 4) is 0 Å². The molecule has 0 amide bonds. The van der Waals surface area contributed by atoms with E-state index in [0.29, 0.717) is 11.1 Å². The molecule has 1 aromatic rings. The lowest BCUT2D eigenvalue weighted by atomic mass is 10.0. The topological polar surface area (TPSA) is 74.7 Å². The number of rotatable bonds is 3. The molecule has 20 heavy (non-hydrogen) atoms. The Hall–Kier alpha value is -1.66. The van der Waals surface area contributed by atoms with Gasteiger partial charge in [0.2, 0.25) is 10.0 Å². The highest BCUT2D eigenvalue weighted by molar-refractivity contribution is 7.89. The van der Waals surface area contributed by atoms with Crippen LogP contribution < -0.4 is 0 Å². The lowest BCUT2D eigenvalue weighted by Gasteiger charge is -2.35. The maximum atomic E-state index is 12.6. The highest BCUT2D eigenvalue weighted by Crippen LogP contribution is 2.34. The highest BCUT2D eigenvalue weighted by Gasteiger charge is 2.42. The van der Waals surface area contributed by atoms with Gasteiger partial charge in [-0.05, 0) is 23.1 Å². The molecule has 0 aromatic heterocycles.